The van der Waals surface area contributed by atoms with Crippen LogP contribution >= 0.6 is 0 Å². The van der Waals surface area contributed by atoms with Crippen molar-refractivity contribution in [2.45, 2.75) is 71.9 Å². The van der Waals surface area contributed by atoms with Gasteiger partial charge in [-0.2, -0.15) is 0 Å². The number of carbonyl (C=O) groups is 1. The number of aromatic nitrogens is 2. The van der Waals surface area contributed by atoms with Gasteiger partial charge in [0.25, 0.3) is 5.56 Å². The minimum Gasteiger partial charge on any atom is -0.348 e. The summed E-state index contributed by atoms with van der Waals surface area (Å²) in [6, 6.07) is 7.52. The Hall–Kier alpha value is -2.37. The third kappa shape index (κ3) is 3.44. The predicted octanol–water partition coefficient (Wildman–Crippen LogP) is 3.98. The van der Waals surface area contributed by atoms with E-state index < -0.39 is 6.04 Å². The Balaban J connectivity index is 1.62. The molecule has 2 bridgehead atoms. The van der Waals surface area contributed by atoms with E-state index in [0.717, 1.165) is 56.4 Å². The van der Waals surface area contributed by atoms with Gasteiger partial charge in [0.1, 0.15) is 6.04 Å². The first-order valence-corrected chi connectivity index (χ1v) is 11.7. The van der Waals surface area contributed by atoms with Gasteiger partial charge in [0.05, 0.1) is 11.0 Å². The van der Waals surface area contributed by atoms with Crippen LogP contribution in [0, 0.1) is 10.8 Å². The van der Waals surface area contributed by atoms with Crippen molar-refractivity contribution in [3.8, 4) is 0 Å². The number of hydrogen-bond acceptors (Lipinski definition) is 4. The number of anilines is 1. The molecule has 166 valence electrons. The number of likely N-dealkylation sites (tertiary alicyclic amines) is 1. The van der Waals surface area contributed by atoms with Crippen LogP contribution in [0.15, 0.2) is 29.1 Å². The van der Waals surface area contributed by atoms with Crippen LogP contribution in [0.25, 0.3) is 11.0 Å². The molecule has 0 radical (unpaired) electrons. The van der Waals surface area contributed by atoms with E-state index in [-0.39, 0.29) is 22.3 Å². The van der Waals surface area contributed by atoms with Crippen molar-refractivity contribution in [2.24, 2.45) is 10.8 Å². The first kappa shape index (κ1) is 20.5. The minimum atomic E-state index is -0.536. The van der Waals surface area contributed by atoms with E-state index in [1.54, 1.807) is 4.57 Å². The topological polar surface area (TPSA) is 58.4 Å². The van der Waals surface area contributed by atoms with E-state index in [1.165, 1.54) is 6.42 Å². The molecule has 1 amide bonds. The van der Waals surface area contributed by atoms with Gasteiger partial charge in [-0.3, -0.25) is 14.2 Å². The Bertz CT molecular complexity index is 1080. The molecule has 6 heteroatoms. The molecule has 6 nitrogen and oxygen atoms in total. The van der Waals surface area contributed by atoms with Gasteiger partial charge in [-0.15, -0.1) is 0 Å². The van der Waals surface area contributed by atoms with Crippen LogP contribution < -0.4 is 10.5 Å². The van der Waals surface area contributed by atoms with Gasteiger partial charge in [0.15, 0.2) is 5.82 Å². The third-order valence-electron chi connectivity index (χ3n) is 7.63. The van der Waals surface area contributed by atoms with Gasteiger partial charge < -0.3 is 9.80 Å². The highest BCUT2D eigenvalue weighted by molar-refractivity contribution is 5.84. The fraction of sp³-hybridized carbons (Fsp3) is 0.640. The average molecular weight is 423 g/mol. The van der Waals surface area contributed by atoms with E-state index in [9.17, 15) is 9.59 Å². The Kier molecular flexibility index (Phi) is 4.68. The van der Waals surface area contributed by atoms with Gasteiger partial charge >= 0.3 is 0 Å². The number of nitrogens with zero attached hydrogens (tertiary/aromatic N) is 4. The summed E-state index contributed by atoms with van der Waals surface area (Å²) in [7, 11) is 0. The van der Waals surface area contributed by atoms with Gasteiger partial charge in [0, 0.05) is 25.7 Å². The molecular weight excluding hydrogens is 388 g/mol. The molecule has 1 aliphatic carbocycles. The molecule has 2 saturated heterocycles. The smallest absolute Gasteiger partial charge is 0.294 e. The summed E-state index contributed by atoms with van der Waals surface area (Å²) < 4.78 is 1.70. The van der Waals surface area contributed by atoms with Crippen LogP contribution in [0.5, 0.6) is 0 Å². The van der Waals surface area contributed by atoms with Gasteiger partial charge in [-0.25, -0.2) is 4.98 Å². The number of para-hydroxylation sites is 2. The van der Waals surface area contributed by atoms with Crippen LogP contribution in [0.3, 0.4) is 0 Å². The molecule has 0 spiro atoms. The van der Waals surface area contributed by atoms with Crippen LogP contribution in [-0.4, -0.2) is 46.0 Å². The number of rotatable bonds is 3. The molecule has 3 aliphatic rings. The van der Waals surface area contributed by atoms with Crippen LogP contribution in [-0.2, 0) is 4.79 Å². The van der Waals surface area contributed by atoms with Crippen LogP contribution in [0.2, 0.25) is 0 Å². The van der Waals surface area contributed by atoms with Crippen molar-refractivity contribution >= 4 is 22.8 Å². The van der Waals surface area contributed by atoms with Crippen molar-refractivity contribution in [1.29, 1.82) is 0 Å². The van der Waals surface area contributed by atoms with E-state index in [0.29, 0.717) is 11.9 Å². The lowest BCUT2D eigenvalue weighted by atomic mass is 9.65. The first-order valence-electron chi connectivity index (χ1n) is 11.7. The molecule has 3 heterocycles. The molecule has 31 heavy (non-hydrogen) atoms. The SMILES string of the molecule is C[C@@H](C(=O)N1CCCC1)n1c(=O)c(N2C[C@@]3(C)C[C@H]2CC(C)(C)C3)nc2ccccc21. The number of benzene rings is 1. The van der Waals surface area contributed by atoms with Crippen molar-refractivity contribution in [3.63, 3.8) is 0 Å². The van der Waals surface area contributed by atoms with Crippen molar-refractivity contribution in [2.75, 3.05) is 24.5 Å². The summed E-state index contributed by atoms with van der Waals surface area (Å²) in [5.74, 6) is 0.557. The fourth-order valence-electron chi connectivity index (χ4n) is 6.73. The molecular formula is C25H34N4O2. The monoisotopic (exact) mass is 422 g/mol. The molecule has 0 unspecified atom stereocenters. The second-order valence-corrected chi connectivity index (χ2v) is 11.1. The lowest BCUT2D eigenvalue weighted by Crippen LogP contribution is -2.42. The summed E-state index contributed by atoms with van der Waals surface area (Å²) in [5, 5.41) is 0. The lowest BCUT2D eigenvalue weighted by molar-refractivity contribution is -0.133. The van der Waals surface area contributed by atoms with Crippen molar-refractivity contribution in [3.05, 3.63) is 34.6 Å². The number of fused-ring (bicyclic) bond motifs is 3. The summed E-state index contributed by atoms with van der Waals surface area (Å²) in [6.07, 6.45) is 5.42. The number of carbonyl (C=O) groups excluding carboxylic acids is 1. The zero-order valence-corrected chi connectivity index (χ0v) is 19.2. The second-order valence-electron chi connectivity index (χ2n) is 11.1. The molecule has 1 aromatic heterocycles. The zero-order valence-electron chi connectivity index (χ0n) is 19.2. The molecule has 5 rings (SSSR count). The Morgan fingerprint density at radius 2 is 1.84 bits per heavy atom. The highest BCUT2D eigenvalue weighted by Gasteiger charge is 2.50. The zero-order chi connectivity index (χ0) is 22.0. The molecule has 2 aromatic rings. The standard InChI is InChI=1S/C25H34N4O2/c1-17(22(30)27-11-7-8-12-27)29-20-10-6-5-9-19(20)26-21(23(29)31)28-16-25(4)14-18(28)13-24(2,3)15-25/h5-6,9-10,17-18H,7-8,11-16H2,1-4H3/t17-,18+,25-/m0/s1. The maximum atomic E-state index is 13.9. The fourth-order valence-corrected chi connectivity index (χ4v) is 6.73. The van der Waals surface area contributed by atoms with Gasteiger partial charge in [0.2, 0.25) is 5.91 Å². The van der Waals surface area contributed by atoms with Crippen LogP contribution in [0.4, 0.5) is 5.82 Å². The number of hydrogen-bond donors (Lipinski definition) is 0. The van der Waals surface area contributed by atoms with Crippen molar-refractivity contribution < 1.29 is 4.79 Å². The molecule has 3 atom stereocenters. The summed E-state index contributed by atoms with van der Waals surface area (Å²) in [6.45, 7) is 11.3. The number of amides is 1. The first-order chi connectivity index (χ1) is 14.7. The molecule has 0 N–H and O–H groups in total. The van der Waals surface area contributed by atoms with E-state index in [2.05, 4.69) is 25.7 Å². The highest BCUT2D eigenvalue weighted by atomic mass is 16.2. The Morgan fingerprint density at radius 3 is 2.58 bits per heavy atom. The highest BCUT2D eigenvalue weighted by Crippen LogP contribution is 2.53. The lowest BCUT2D eigenvalue weighted by Gasteiger charge is -2.39. The minimum absolute atomic E-state index is 0.0372. The van der Waals surface area contributed by atoms with Crippen LogP contribution in [0.1, 0.15) is 65.8 Å². The predicted molar refractivity (Wildman–Crippen MR) is 123 cm³/mol. The maximum absolute atomic E-state index is 13.9. The summed E-state index contributed by atoms with van der Waals surface area (Å²) in [5.41, 5.74) is 1.86. The summed E-state index contributed by atoms with van der Waals surface area (Å²) in [4.78, 5) is 36.1. The van der Waals surface area contributed by atoms with E-state index in [1.807, 2.05) is 36.1 Å². The van der Waals surface area contributed by atoms with Gasteiger partial charge in [-0.1, -0.05) is 32.9 Å². The largest absolute Gasteiger partial charge is 0.348 e. The Labute approximate surface area is 184 Å². The molecule has 2 aliphatic heterocycles. The van der Waals surface area contributed by atoms with Gasteiger partial charge in [-0.05, 0) is 62.0 Å². The van der Waals surface area contributed by atoms with Crippen molar-refractivity contribution in [1.82, 2.24) is 14.5 Å². The van der Waals surface area contributed by atoms with E-state index >= 15 is 0 Å². The Morgan fingerprint density at radius 1 is 1.13 bits per heavy atom. The second kappa shape index (κ2) is 7.07. The molecule has 1 saturated carbocycles. The maximum Gasteiger partial charge on any atom is 0.294 e. The molecule has 1 aromatic carbocycles. The summed E-state index contributed by atoms with van der Waals surface area (Å²) >= 11 is 0. The molecule has 3 fully saturated rings. The van der Waals surface area contributed by atoms with E-state index in [4.69, 9.17) is 4.98 Å². The normalized spacial score (nSPS) is 28.3. The third-order valence-corrected chi connectivity index (χ3v) is 7.63. The quantitative estimate of drug-likeness (QED) is 0.751. The average Bonchev–Trinajstić information content (AvgIpc) is 3.32.